The Kier molecular flexibility index (Phi) is 16.7. The van der Waals surface area contributed by atoms with Crippen LogP contribution in [0.2, 0.25) is 0 Å². The van der Waals surface area contributed by atoms with Crippen molar-refractivity contribution in [3.05, 3.63) is 144 Å². The Morgan fingerprint density at radius 3 is 1.12 bits per heavy atom. The highest BCUT2D eigenvalue weighted by molar-refractivity contribution is 7.48. The lowest BCUT2D eigenvalue weighted by molar-refractivity contribution is -0.119. The summed E-state index contributed by atoms with van der Waals surface area (Å²) in [4.78, 5) is 0. The number of rotatable bonds is 24. The smallest absolute Gasteiger partial charge is 0.379 e. The van der Waals surface area contributed by atoms with E-state index in [0.717, 1.165) is 22.3 Å². The second-order valence-electron chi connectivity index (χ2n) is 12.7. The Balaban J connectivity index is 1.51. The van der Waals surface area contributed by atoms with E-state index >= 15 is 0 Å². The van der Waals surface area contributed by atoms with E-state index < -0.39 is 27.4 Å². The van der Waals surface area contributed by atoms with E-state index in [1.54, 1.807) is 0 Å². The molecular weight excluding hydrogens is 690 g/mol. The van der Waals surface area contributed by atoms with Crippen molar-refractivity contribution in [2.24, 2.45) is 0 Å². The van der Waals surface area contributed by atoms with Crippen molar-refractivity contribution in [2.75, 3.05) is 19.8 Å². The molecule has 0 aliphatic carbocycles. The minimum atomic E-state index is -4.17. The van der Waals surface area contributed by atoms with Gasteiger partial charge >= 0.3 is 15.6 Å². The number of phosphoric acid groups is 2. The summed E-state index contributed by atoms with van der Waals surface area (Å²) in [6.07, 6.45) is -0.324. The van der Waals surface area contributed by atoms with Crippen LogP contribution in [-0.2, 0) is 72.2 Å². The number of phosphoric ester groups is 2. The highest BCUT2D eigenvalue weighted by atomic mass is 31.2. The van der Waals surface area contributed by atoms with Crippen molar-refractivity contribution in [1.29, 1.82) is 0 Å². The average molecular weight is 741 g/mol. The monoisotopic (exact) mass is 740 g/mol. The molecule has 276 valence electrons. The largest absolute Gasteiger partial charge is 0.475 e. The molecule has 10 nitrogen and oxygen atoms in total. The van der Waals surface area contributed by atoms with Crippen LogP contribution >= 0.6 is 15.6 Å². The first kappa shape index (κ1) is 40.8. The van der Waals surface area contributed by atoms with Gasteiger partial charge in [0.2, 0.25) is 0 Å². The van der Waals surface area contributed by atoms with Crippen LogP contribution in [0.15, 0.2) is 121 Å². The molecule has 0 saturated heterocycles. The highest BCUT2D eigenvalue weighted by Crippen LogP contribution is 2.53. The van der Waals surface area contributed by atoms with E-state index in [1.807, 2.05) is 149 Å². The van der Waals surface area contributed by atoms with Crippen molar-refractivity contribution >= 4 is 15.6 Å². The SMILES string of the molecule is CC(C)OCCC(C)(C)OC(COP(=O)(OCc1ccccc1)OCc1ccccc1)COP(=O)(OCc1ccccc1)OCc1ccccc1. The molecule has 0 aliphatic rings. The summed E-state index contributed by atoms with van der Waals surface area (Å²) in [6, 6.07) is 37.2. The summed E-state index contributed by atoms with van der Waals surface area (Å²) >= 11 is 0. The highest BCUT2D eigenvalue weighted by Gasteiger charge is 2.34. The molecule has 0 spiro atoms. The second kappa shape index (κ2) is 20.9. The van der Waals surface area contributed by atoms with Crippen molar-refractivity contribution in [3.8, 4) is 0 Å². The van der Waals surface area contributed by atoms with Gasteiger partial charge in [-0.25, -0.2) is 9.13 Å². The van der Waals surface area contributed by atoms with E-state index in [-0.39, 0.29) is 45.7 Å². The second-order valence-corrected chi connectivity index (χ2v) is 16.0. The molecule has 0 aliphatic heterocycles. The average Bonchev–Trinajstić information content (AvgIpc) is 3.14. The van der Waals surface area contributed by atoms with Gasteiger partial charge in [-0.2, -0.15) is 0 Å². The van der Waals surface area contributed by atoms with E-state index in [1.165, 1.54) is 0 Å². The lowest BCUT2D eigenvalue weighted by Gasteiger charge is -2.32. The van der Waals surface area contributed by atoms with E-state index in [0.29, 0.717) is 13.0 Å². The molecule has 0 amide bonds. The topological polar surface area (TPSA) is 108 Å². The molecule has 0 unspecified atom stereocenters. The zero-order valence-corrected chi connectivity index (χ0v) is 31.6. The standard InChI is InChI=1S/C39H50O10P2/c1-33(2)42-26-25-39(3,4)49-38(31-47-50(40,43-27-34-17-9-5-10-18-34)44-28-35-19-11-6-12-20-35)32-48-51(41,45-29-36-21-13-7-14-22-36)46-30-37-23-15-8-16-24-37/h5-24,33,38H,25-32H2,1-4H3. The van der Waals surface area contributed by atoms with Crippen LogP contribution in [0.25, 0.3) is 0 Å². The van der Waals surface area contributed by atoms with Crippen molar-refractivity contribution < 1.29 is 45.7 Å². The molecule has 0 fully saturated rings. The third kappa shape index (κ3) is 16.1. The van der Waals surface area contributed by atoms with Crippen molar-refractivity contribution in [2.45, 2.75) is 78.4 Å². The van der Waals surface area contributed by atoms with Gasteiger partial charge in [0, 0.05) is 6.61 Å². The molecule has 0 aromatic heterocycles. The van der Waals surface area contributed by atoms with Gasteiger partial charge in [-0.05, 0) is 56.4 Å². The molecule has 0 N–H and O–H groups in total. The maximum absolute atomic E-state index is 14.1. The van der Waals surface area contributed by atoms with E-state index in [4.69, 9.17) is 36.6 Å². The lowest BCUT2D eigenvalue weighted by atomic mass is 10.1. The number of hydrogen-bond acceptors (Lipinski definition) is 10. The van der Waals surface area contributed by atoms with Gasteiger partial charge in [0.15, 0.2) is 0 Å². The summed E-state index contributed by atoms with van der Waals surface area (Å²) in [5.41, 5.74) is 2.42. The Labute approximate surface area is 302 Å². The lowest BCUT2D eigenvalue weighted by Crippen LogP contribution is -2.37. The van der Waals surface area contributed by atoms with Crippen LogP contribution in [0.1, 0.15) is 56.4 Å². The van der Waals surface area contributed by atoms with Crippen LogP contribution in [0.3, 0.4) is 0 Å². The first-order chi connectivity index (χ1) is 24.5. The zero-order valence-electron chi connectivity index (χ0n) is 29.8. The molecule has 0 bridgehead atoms. The molecule has 0 atom stereocenters. The molecule has 0 radical (unpaired) electrons. The van der Waals surface area contributed by atoms with Crippen LogP contribution in [-0.4, -0.2) is 37.6 Å². The van der Waals surface area contributed by atoms with Gasteiger partial charge in [0.1, 0.15) is 6.10 Å². The van der Waals surface area contributed by atoms with Gasteiger partial charge in [-0.1, -0.05) is 121 Å². The first-order valence-electron chi connectivity index (χ1n) is 17.0. The summed E-state index contributed by atoms with van der Waals surface area (Å²) < 4.78 is 75.6. The summed E-state index contributed by atoms with van der Waals surface area (Å²) in [6.45, 7) is 7.55. The van der Waals surface area contributed by atoms with Gasteiger partial charge < -0.3 is 9.47 Å². The predicted octanol–water partition coefficient (Wildman–Crippen LogP) is 10.1. The minimum Gasteiger partial charge on any atom is -0.379 e. The summed E-state index contributed by atoms with van der Waals surface area (Å²) in [5.74, 6) is 0. The van der Waals surface area contributed by atoms with Crippen molar-refractivity contribution in [3.63, 3.8) is 0 Å². The van der Waals surface area contributed by atoms with Gasteiger partial charge in [-0.15, -0.1) is 0 Å². The molecule has 51 heavy (non-hydrogen) atoms. The van der Waals surface area contributed by atoms with Crippen LogP contribution in [0, 0.1) is 0 Å². The van der Waals surface area contributed by atoms with E-state index in [2.05, 4.69) is 0 Å². The maximum Gasteiger partial charge on any atom is 0.475 e. The molecular formula is C39H50O10P2. The Hall–Kier alpha value is -2.98. The Morgan fingerprint density at radius 1 is 0.510 bits per heavy atom. The molecule has 4 rings (SSSR count). The molecule has 4 aromatic rings. The zero-order chi connectivity index (χ0) is 36.4. The maximum atomic E-state index is 14.1. The molecule has 0 heterocycles. The minimum absolute atomic E-state index is 0.0111. The predicted molar refractivity (Wildman–Crippen MR) is 197 cm³/mol. The number of hydrogen-bond donors (Lipinski definition) is 0. The third-order valence-corrected chi connectivity index (χ3v) is 10.1. The normalized spacial score (nSPS) is 12.5. The fraction of sp³-hybridized carbons (Fsp3) is 0.385. The summed E-state index contributed by atoms with van der Waals surface area (Å²) in [7, 11) is -8.33. The fourth-order valence-corrected chi connectivity index (χ4v) is 7.02. The van der Waals surface area contributed by atoms with Crippen LogP contribution in [0.5, 0.6) is 0 Å². The first-order valence-corrected chi connectivity index (χ1v) is 20.0. The van der Waals surface area contributed by atoms with E-state index in [9.17, 15) is 9.13 Å². The third-order valence-electron chi connectivity index (χ3n) is 7.41. The van der Waals surface area contributed by atoms with Crippen LogP contribution < -0.4 is 0 Å². The van der Waals surface area contributed by atoms with Gasteiger partial charge in [0.25, 0.3) is 0 Å². The van der Waals surface area contributed by atoms with Gasteiger partial charge in [-0.3, -0.25) is 27.1 Å². The number of ether oxygens (including phenoxy) is 2. The molecule has 4 aromatic carbocycles. The quantitative estimate of drug-likeness (QED) is 0.0644. The summed E-state index contributed by atoms with van der Waals surface area (Å²) in [5, 5.41) is 0. The molecule has 12 heteroatoms. The van der Waals surface area contributed by atoms with Gasteiger partial charge in [0.05, 0.1) is 51.3 Å². The number of benzene rings is 4. The van der Waals surface area contributed by atoms with Crippen LogP contribution in [0.4, 0.5) is 0 Å². The Bertz CT molecular complexity index is 1420. The fourth-order valence-electron chi connectivity index (χ4n) is 4.65. The molecule has 0 saturated carbocycles. The van der Waals surface area contributed by atoms with Crippen molar-refractivity contribution in [1.82, 2.24) is 0 Å². The Morgan fingerprint density at radius 2 is 0.824 bits per heavy atom.